The minimum atomic E-state index is -0.812. The molecule has 0 bridgehead atoms. The molecular weight excluding hydrogens is 338 g/mol. The van der Waals surface area contributed by atoms with Gasteiger partial charge in [-0.1, -0.05) is 31.2 Å². The molecule has 1 aliphatic heterocycles. The molecule has 1 N–H and O–H groups in total. The van der Waals surface area contributed by atoms with Gasteiger partial charge in [0.15, 0.2) is 0 Å². The average molecular weight is 357 g/mol. The Hall–Kier alpha value is -2.47. The number of benzene rings is 1. The largest absolute Gasteiger partial charge is 0.481 e. The van der Waals surface area contributed by atoms with Crippen LogP contribution in [0.3, 0.4) is 0 Å². The zero-order valence-corrected chi connectivity index (χ0v) is 14.7. The van der Waals surface area contributed by atoms with Crippen molar-refractivity contribution >= 4 is 29.0 Å². The van der Waals surface area contributed by atoms with Crippen molar-refractivity contribution < 1.29 is 19.5 Å². The van der Waals surface area contributed by atoms with Gasteiger partial charge in [0.25, 0.3) is 5.91 Å². The zero-order valence-electron chi connectivity index (χ0n) is 13.8. The van der Waals surface area contributed by atoms with Crippen molar-refractivity contribution in [3.05, 3.63) is 57.8 Å². The SMILES string of the molecule is CC1CN(C(=O)c2ccccc2C(=O)c2cccs2)CCC1C(=O)O. The maximum atomic E-state index is 12.9. The fourth-order valence-electron chi connectivity index (χ4n) is 3.28. The molecule has 2 aromatic rings. The number of carbonyl (C=O) groups excluding carboxylic acids is 2. The van der Waals surface area contributed by atoms with E-state index in [4.69, 9.17) is 0 Å². The number of carboxylic acid groups (broad SMARTS) is 1. The van der Waals surface area contributed by atoms with Gasteiger partial charge >= 0.3 is 5.97 Å². The molecule has 5 nitrogen and oxygen atoms in total. The van der Waals surface area contributed by atoms with E-state index in [-0.39, 0.29) is 17.6 Å². The predicted molar refractivity (Wildman–Crippen MR) is 95.0 cm³/mol. The van der Waals surface area contributed by atoms with Crippen molar-refractivity contribution in [2.24, 2.45) is 11.8 Å². The Kier molecular flexibility index (Phi) is 4.99. The van der Waals surface area contributed by atoms with E-state index >= 15 is 0 Å². The molecule has 0 aliphatic carbocycles. The summed E-state index contributed by atoms with van der Waals surface area (Å²) in [6, 6.07) is 10.4. The summed E-state index contributed by atoms with van der Waals surface area (Å²) in [4.78, 5) is 39.1. The molecule has 1 aliphatic rings. The highest BCUT2D eigenvalue weighted by atomic mass is 32.1. The number of hydrogen-bond donors (Lipinski definition) is 1. The summed E-state index contributed by atoms with van der Waals surface area (Å²) in [6.45, 7) is 2.62. The molecule has 0 saturated carbocycles. The first-order valence-corrected chi connectivity index (χ1v) is 9.06. The normalized spacial score (nSPS) is 20.3. The van der Waals surface area contributed by atoms with Gasteiger partial charge in [0.1, 0.15) is 0 Å². The molecule has 3 rings (SSSR count). The second-order valence-electron chi connectivity index (χ2n) is 6.31. The molecule has 1 aromatic carbocycles. The van der Waals surface area contributed by atoms with Gasteiger partial charge in [0.2, 0.25) is 5.78 Å². The molecule has 130 valence electrons. The third-order valence-electron chi connectivity index (χ3n) is 4.66. The lowest BCUT2D eigenvalue weighted by Crippen LogP contribution is -2.45. The first-order valence-electron chi connectivity index (χ1n) is 8.18. The lowest BCUT2D eigenvalue weighted by atomic mass is 9.86. The van der Waals surface area contributed by atoms with Crippen molar-refractivity contribution in [1.29, 1.82) is 0 Å². The first-order chi connectivity index (χ1) is 12.0. The van der Waals surface area contributed by atoms with Crippen molar-refractivity contribution in [2.45, 2.75) is 13.3 Å². The molecule has 2 unspecified atom stereocenters. The lowest BCUT2D eigenvalue weighted by molar-refractivity contribution is -0.145. The maximum Gasteiger partial charge on any atom is 0.306 e. The van der Waals surface area contributed by atoms with Gasteiger partial charge < -0.3 is 10.0 Å². The predicted octanol–water partition coefficient (Wildman–Crippen LogP) is 3.16. The summed E-state index contributed by atoms with van der Waals surface area (Å²) in [7, 11) is 0. The Balaban J connectivity index is 1.84. The molecule has 1 amide bonds. The Morgan fingerprint density at radius 2 is 1.84 bits per heavy atom. The van der Waals surface area contributed by atoms with Gasteiger partial charge in [-0.2, -0.15) is 0 Å². The average Bonchev–Trinajstić information content (AvgIpc) is 3.14. The van der Waals surface area contributed by atoms with E-state index in [9.17, 15) is 19.5 Å². The van der Waals surface area contributed by atoms with Crippen LogP contribution in [0, 0.1) is 11.8 Å². The molecule has 1 fully saturated rings. The van der Waals surface area contributed by atoms with Crippen molar-refractivity contribution in [1.82, 2.24) is 4.90 Å². The van der Waals surface area contributed by atoms with Crippen LogP contribution in [0.5, 0.6) is 0 Å². The van der Waals surface area contributed by atoms with E-state index in [0.29, 0.717) is 35.5 Å². The monoisotopic (exact) mass is 357 g/mol. The second-order valence-corrected chi connectivity index (χ2v) is 7.26. The number of nitrogens with zero attached hydrogens (tertiary/aromatic N) is 1. The summed E-state index contributed by atoms with van der Waals surface area (Å²) in [6.07, 6.45) is 0.434. The Bertz CT molecular complexity index is 800. The quantitative estimate of drug-likeness (QED) is 0.853. The molecule has 2 atom stereocenters. The van der Waals surface area contributed by atoms with Crippen LogP contribution in [-0.4, -0.2) is 40.8 Å². The Labute approximate surface area is 149 Å². The number of rotatable bonds is 4. The van der Waals surface area contributed by atoms with Crippen LogP contribution in [0.25, 0.3) is 0 Å². The molecular formula is C19H19NO4S. The highest BCUT2D eigenvalue weighted by Gasteiger charge is 2.34. The van der Waals surface area contributed by atoms with Crippen LogP contribution in [0.4, 0.5) is 0 Å². The van der Waals surface area contributed by atoms with E-state index in [1.165, 1.54) is 11.3 Å². The van der Waals surface area contributed by atoms with Crippen LogP contribution in [0.1, 0.15) is 38.9 Å². The highest BCUT2D eigenvalue weighted by Crippen LogP contribution is 2.26. The van der Waals surface area contributed by atoms with Crippen molar-refractivity contribution in [3.8, 4) is 0 Å². The number of piperidine rings is 1. The molecule has 1 saturated heterocycles. The highest BCUT2D eigenvalue weighted by molar-refractivity contribution is 7.12. The van der Waals surface area contributed by atoms with Crippen LogP contribution < -0.4 is 0 Å². The van der Waals surface area contributed by atoms with Crippen molar-refractivity contribution in [3.63, 3.8) is 0 Å². The van der Waals surface area contributed by atoms with Gasteiger partial charge in [0, 0.05) is 18.7 Å². The summed E-state index contributed by atoms with van der Waals surface area (Å²) in [5.74, 6) is -1.72. The van der Waals surface area contributed by atoms with Crippen LogP contribution in [0.15, 0.2) is 41.8 Å². The maximum absolute atomic E-state index is 12.9. The fourth-order valence-corrected chi connectivity index (χ4v) is 3.95. The zero-order chi connectivity index (χ0) is 18.0. The lowest BCUT2D eigenvalue weighted by Gasteiger charge is -2.35. The minimum Gasteiger partial charge on any atom is -0.481 e. The first kappa shape index (κ1) is 17.4. The van der Waals surface area contributed by atoms with Gasteiger partial charge in [-0.3, -0.25) is 14.4 Å². The number of carbonyl (C=O) groups is 3. The second kappa shape index (κ2) is 7.19. The number of carboxylic acids is 1. The molecule has 25 heavy (non-hydrogen) atoms. The number of amides is 1. The van der Waals surface area contributed by atoms with E-state index < -0.39 is 11.9 Å². The third-order valence-corrected chi connectivity index (χ3v) is 5.53. The molecule has 6 heteroatoms. The number of likely N-dealkylation sites (tertiary alicyclic amines) is 1. The molecule has 2 heterocycles. The van der Waals surface area contributed by atoms with E-state index in [2.05, 4.69) is 0 Å². The van der Waals surface area contributed by atoms with Crippen LogP contribution >= 0.6 is 11.3 Å². The smallest absolute Gasteiger partial charge is 0.306 e. The van der Waals surface area contributed by atoms with Gasteiger partial charge in [-0.05, 0) is 29.9 Å². The van der Waals surface area contributed by atoms with E-state index in [1.54, 1.807) is 41.3 Å². The molecule has 0 radical (unpaired) electrons. The summed E-state index contributed by atoms with van der Waals surface area (Å²) >= 11 is 1.35. The fraction of sp³-hybridized carbons (Fsp3) is 0.316. The van der Waals surface area contributed by atoms with E-state index in [0.717, 1.165) is 0 Å². The summed E-state index contributed by atoms with van der Waals surface area (Å²) in [5, 5.41) is 11.1. The van der Waals surface area contributed by atoms with Gasteiger partial charge in [-0.15, -0.1) is 11.3 Å². The number of thiophene rings is 1. The Morgan fingerprint density at radius 1 is 1.12 bits per heavy atom. The van der Waals surface area contributed by atoms with Crippen molar-refractivity contribution in [2.75, 3.05) is 13.1 Å². The number of aliphatic carboxylic acids is 1. The number of ketones is 1. The van der Waals surface area contributed by atoms with E-state index in [1.807, 2.05) is 12.3 Å². The number of hydrogen-bond acceptors (Lipinski definition) is 4. The Morgan fingerprint density at radius 3 is 2.44 bits per heavy atom. The summed E-state index contributed by atoms with van der Waals surface area (Å²) < 4.78 is 0. The van der Waals surface area contributed by atoms with Crippen LogP contribution in [-0.2, 0) is 4.79 Å². The topological polar surface area (TPSA) is 74.7 Å². The van der Waals surface area contributed by atoms with Crippen LogP contribution in [0.2, 0.25) is 0 Å². The van der Waals surface area contributed by atoms with Gasteiger partial charge in [0.05, 0.1) is 16.4 Å². The molecule has 1 aromatic heterocycles. The minimum absolute atomic E-state index is 0.115. The summed E-state index contributed by atoms with van der Waals surface area (Å²) in [5.41, 5.74) is 0.768. The van der Waals surface area contributed by atoms with Gasteiger partial charge in [-0.25, -0.2) is 0 Å². The third kappa shape index (κ3) is 3.49. The molecule has 0 spiro atoms. The standard InChI is InChI=1S/C19H19NO4S/c1-12-11-20(9-8-13(12)19(23)24)18(22)15-6-3-2-5-14(15)17(21)16-7-4-10-25-16/h2-7,10,12-13H,8-9,11H2,1H3,(H,23,24).